The van der Waals surface area contributed by atoms with E-state index in [1.165, 1.54) is 15.3 Å². The van der Waals surface area contributed by atoms with Gasteiger partial charge in [-0.05, 0) is 48.4 Å². The van der Waals surface area contributed by atoms with E-state index in [0.717, 1.165) is 23.4 Å². The first kappa shape index (κ1) is 14.2. The van der Waals surface area contributed by atoms with Gasteiger partial charge in [0.1, 0.15) is 5.75 Å². The van der Waals surface area contributed by atoms with Crippen LogP contribution in [0.15, 0.2) is 41.1 Å². The Morgan fingerprint density at radius 3 is 2.76 bits per heavy atom. The van der Waals surface area contributed by atoms with Gasteiger partial charge >= 0.3 is 0 Å². The minimum Gasteiger partial charge on any atom is -0.507 e. The van der Waals surface area contributed by atoms with Gasteiger partial charge in [0.05, 0.1) is 0 Å². The highest BCUT2D eigenvalue weighted by Gasteiger charge is 2.07. The van der Waals surface area contributed by atoms with Crippen LogP contribution in [0.2, 0.25) is 0 Å². The number of benzene rings is 1. The molecule has 3 rings (SSSR count). The quantitative estimate of drug-likeness (QED) is 0.674. The van der Waals surface area contributed by atoms with Crippen LogP contribution in [0, 0.1) is 13.8 Å². The van der Waals surface area contributed by atoms with Gasteiger partial charge in [-0.25, -0.2) is 0 Å². The Hall–Kier alpha value is -1.78. The van der Waals surface area contributed by atoms with Crippen molar-refractivity contribution in [3.8, 4) is 16.2 Å². The average Bonchev–Trinajstić information content (AvgIpc) is 3.14. The van der Waals surface area contributed by atoms with Crippen LogP contribution in [0.5, 0.6) is 5.75 Å². The third kappa shape index (κ3) is 2.96. The molecule has 0 atom stereocenters. The minimum absolute atomic E-state index is 0.380. The van der Waals surface area contributed by atoms with Crippen molar-refractivity contribution in [2.24, 2.45) is 0 Å². The molecule has 0 unspecified atom stereocenters. The van der Waals surface area contributed by atoms with E-state index >= 15 is 0 Å². The number of anilines is 1. The fourth-order valence-electron chi connectivity index (χ4n) is 2.25. The zero-order valence-electron chi connectivity index (χ0n) is 12.0. The van der Waals surface area contributed by atoms with Crippen molar-refractivity contribution >= 4 is 28.4 Å². The summed E-state index contributed by atoms with van der Waals surface area (Å²) in [7, 11) is 0. The molecule has 0 aliphatic rings. The van der Waals surface area contributed by atoms with Gasteiger partial charge in [0.15, 0.2) is 0 Å². The van der Waals surface area contributed by atoms with Crippen molar-refractivity contribution in [2.45, 2.75) is 20.4 Å². The lowest BCUT2D eigenvalue weighted by Crippen LogP contribution is -1.99. The Balaban J connectivity index is 1.72. The third-order valence-electron chi connectivity index (χ3n) is 3.55. The molecule has 2 N–H and O–H groups in total. The van der Waals surface area contributed by atoms with Gasteiger partial charge in [0, 0.05) is 33.1 Å². The summed E-state index contributed by atoms with van der Waals surface area (Å²) < 4.78 is 0. The lowest BCUT2D eigenvalue weighted by Gasteiger charge is -2.11. The largest absolute Gasteiger partial charge is 0.507 e. The first-order valence-corrected chi connectivity index (χ1v) is 8.55. The number of aromatic hydroxyl groups is 1. The third-order valence-corrected chi connectivity index (χ3v) is 5.40. The van der Waals surface area contributed by atoms with E-state index in [2.05, 4.69) is 34.3 Å². The minimum atomic E-state index is 0.380. The van der Waals surface area contributed by atoms with Crippen LogP contribution in [0.3, 0.4) is 0 Å². The number of hydrogen-bond donors (Lipinski definition) is 2. The predicted molar refractivity (Wildman–Crippen MR) is 92.5 cm³/mol. The van der Waals surface area contributed by atoms with E-state index in [9.17, 15) is 5.11 Å². The Kier molecular flexibility index (Phi) is 3.99. The van der Waals surface area contributed by atoms with Gasteiger partial charge in [-0.3, -0.25) is 0 Å². The van der Waals surface area contributed by atoms with E-state index in [-0.39, 0.29) is 0 Å². The van der Waals surface area contributed by atoms with Crippen LogP contribution in [0.4, 0.5) is 5.69 Å². The highest BCUT2D eigenvalue weighted by Crippen LogP contribution is 2.31. The number of aryl methyl sites for hydroxylation is 1. The Morgan fingerprint density at radius 2 is 2.00 bits per heavy atom. The number of phenolic OH excluding ortho intramolecular Hbond substituents is 1. The molecule has 0 saturated carbocycles. The molecule has 0 bridgehead atoms. The summed E-state index contributed by atoms with van der Waals surface area (Å²) >= 11 is 3.52. The van der Waals surface area contributed by atoms with Gasteiger partial charge in [0.2, 0.25) is 0 Å². The summed E-state index contributed by atoms with van der Waals surface area (Å²) in [6.45, 7) is 4.63. The number of rotatable bonds is 4. The van der Waals surface area contributed by atoms with E-state index < -0.39 is 0 Å². The Morgan fingerprint density at radius 1 is 1.14 bits per heavy atom. The highest BCUT2D eigenvalue weighted by molar-refractivity contribution is 7.14. The molecular weight excluding hydrogens is 298 g/mol. The van der Waals surface area contributed by atoms with Crippen LogP contribution < -0.4 is 5.32 Å². The summed E-state index contributed by atoms with van der Waals surface area (Å²) in [6, 6.07) is 10.4. The lowest BCUT2D eigenvalue weighted by molar-refractivity contribution is 0.467. The topological polar surface area (TPSA) is 32.3 Å². The van der Waals surface area contributed by atoms with E-state index in [1.54, 1.807) is 22.7 Å². The zero-order valence-corrected chi connectivity index (χ0v) is 13.6. The molecule has 0 amide bonds. The van der Waals surface area contributed by atoms with E-state index in [4.69, 9.17) is 0 Å². The van der Waals surface area contributed by atoms with Crippen LogP contribution in [-0.4, -0.2) is 5.11 Å². The molecule has 0 saturated heterocycles. The van der Waals surface area contributed by atoms with Gasteiger partial charge in [-0.15, -0.1) is 22.7 Å². The van der Waals surface area contributed by atoms with E-state index in [1.807, 2.05) is 26.0 Å². The Bertz CT molecular complexity index is 744. The molecule has 0 aliphatic carbocycles. The second kappa shape index (κ2) is 5.92. The molecule has 0 aliphatic heterocycles. The molecule has 21 heavy (non-hydrogen) atoms. The maximum atomic E-state index is 9.98. The standard InChI is InChI=1S/C17H17NOS2/c1-11-5-6-15(12(2)17(11)19)18-9-14-8-13(10-21-14)16-4-3-7-20-16/h3-8,10,18-19H,9H2,1-2H3. The molecule has 2 aromatic heterocycles. The van der Waals surface area contributed by atoms with Crippen LogP contribution >= 0.6 is 22.7 Å². The fourth-order valence-corrected chi connectivity index (χ4v) is 3.87. The summed E-state index contributed by atoms with van der Waals surface area (Å²) in [6.07, 6.45) is 0. The molecule has 1 aromatic carbocycles. The molecule has 4 heteroatoms. The molecule has 0 fully saturated rings. The molecule has 0 spiro atoms. The van der Waals surface area contributed by atoms with Gasteiger partial charge in [-0.2, -0.15) is 0 Å². The van der Waals surface area contributed by atoms with Crippen LogP contribution in [-0.2, 0) is 6.54 Å². The number of thiophene rings is 2. The van der Waals surface area contributed by atoms with Crippen LogP contribution in [0.1, 0.15) is 16.0 Å². The maximum Gasteiger partial charge on any atom is 0.123 e. The fraction of sp³-hybridized carbons (Fsp3) is 0.176. The average molecular weight is 315 g/mol. The van der Waals surface area contributed by atoms with Crippen molar-refractivity contribution in [1.82, 2.24) is 0 Å². The summed E-state index contributed by atoms with van der Waals surface area (Å²) in [5.41, 5.74) is 4.10. The van der Waals surface area contributed by atoms with Crippen molar-refractivity contribution in [3.05, 3.63) is 57.1 Å². The van der Waals surface area contributed by atoms with Crippen molar-refractivity contribution in [2.75, 3.05) is 5.32 Å². The number of nitrogens with one attached hydrogen (secondary N) is 1. The number of phenols is 1. The molecule has 2 heterocycles. The summed E-state index contributed by atoms with van der Waals surface area (Å²) in [4.78, 5) is 2.60. The molecule has 0 radical (unpaired) electrons. The smallest absolute Gasteiger partial charge is 0.123 e. The van der Waals surface area contributed by atoms with Gasteiger partial charge < -0.3 is 10.4 Å². The van der Waals surface area contributed by atoms with Crippen molar-refractivity contribution in [1.29, 1.82) is 0 Å². The molecule has 2 nitrogen and oxygen atoms in total. The molecule has 3 aromatic rings. The van der Waals surface area contributed by atoms with Crippen molar-refractivity contribution in [3.63, 3.8) is 0 Å². The molecular formula is C17H17NOS2. The van der Waals surface area contributed by atoms with E-state index in [0.29, 0.717) is 5.75 Å². The lowest BCUT2D eigenvalue weighted by atomic mass is 10.1. The first-order valence-electron chi connectivity index (χ1n) is 6.79. The zero-order chi connectivity index (χ0) is 14.8. The second-order valence-electron chi connectivity index (χ2n) is 5.04. The first-order chi connectivity index (χ1) is 10.1. The predicted octanol–water partition coefficient (Wildman–Crippen LogP) is 5.41. The highest BCUT2D eigenvalue weighted by atomic mass is 32.1. The maximum absolute atomic E-state index is 9.98. The second-order valence-corrected chi connectivity index (χ2v) is 6.98. The summed E-state index contributed by atoms with van der Waals surface area (Å²) in [5.74, 6) is 0.380. The van der Waals surface area contributed by atoms with Crippen molar-refractivity contribution < 1.29 is 5.11 Å². The Labute approximate surface area is 132 Å². The monoisotopic (exact) mass is 315 g/mol. The molecule has 108 valence electrons. The normalized spacial score (nSPS) is 10.8. The van der Waals surface area contributed by atoms with Gasteiger partial charge in [-0.1, -0.05) is 12.1 Å². The van der Waals surface area contributed by atoms with Crippen LogP contribution in [0.25, 0.3) is 10.4 Å². The van der Waals surface area contributed by atoms with Gasteiger partial charge in [0.25, 0.3) is 0 Å². The summed E-state index contributed by atoms with van der Waals surface area (Å²) in [5, 5.41) is 17.7. The number of hydrogen-bond acceptors (Lipinski definition) is 4. The SMILES string of the molecule is Cc1ccc(NCc2cc(-c3cccs3)cs2)c(C)c1O.